The summed E-state index contributed by atoms with van der Waals surface area (Å²) in [6, 6.07) is 30.6. The third kappa shape index (κ3) is 33.9. The molecule has 8 aromatic carbocycles. The zero-order valence-electron chi connectivity index (χ0n) is 73.7. The first kappa shape index (κ1) is 119. The number of aromatic hydroxyl groups is 1. The maximum atomic E-state index is 13.3. The molecule has 32 nitrogen and oxygen atoms in total. The van der Waals surface area contributed by atoms with E-state index in [4.69, 9.17) is 102 Å². The van der Waals surface area contributed by atoms with Gasteiger partial charge in [0.1, 0.15) is 0 Å². The number of ketones is 4. The molecule has 2 unspecified atom stereocenters. The van der Waals surface area contributed by atoms with Crippen LogP contribution in [0.3, 0.4) is 0 Å². The lowest BCUT2D eigenvalue weighted by Crippen LogP contribution is -2.39. The molecule has 710 valence electrons. The molecule has 8 aromatic rings. The zero-order chi connectivity index (χ0) is 94.1. The summed E-state index contributed by atoms with van der Waals surface area (Å²) in [5.41, 5.74) is 2.41. The fourth-order valence-corrected chi connectivity index (χ4v) is 10.7. The number of phenolic OH excluding ortho intramolecular Hbond substituents is 1. The van der Waals surface area contributed by atoms with E-state index in [1.54, 1.807) is 74.5 Å². The molecular weight excluding hydrogens is 1710 g/mol. The van der Waals surface area contributed by atoms with Gasteiger partial charge in [0.2, 0.25) is 40.1 Å². The van der Waals surface area contributed by atoms with Gasteiger partial charge in [-0.25, -0.2) is 9.59 Å². The number of nitrogens with one attached hydrogen (secondary N) is 2. The van der Waals surface area contributed by atoms with Crippen molar-refractivity contribution in [3.8, 4) is 115 Å². The summed E-state index contributed by atoms with van der Waals surface area (Å²) in [5, 5.41) is 14.7. The quantitative estimate of drug-likeness (QED) is 0.0108. The second-order valence-corrected chi connectivity index (χ2v) is 26.1. The molecule has 0 aliphatic rings. The summed E-state index contributed by atoms with van der Waals surface area (Å²) in [4.78, 5) is 120. The summed E-state index contributed by atoms with van der Waals surface area (Å²) in [6.07, 6.45) is 4.35. The van der Waals surface area contributed by atoms with Crippen molar-refractivity contribution in [2.75, 3.05) is 114 Å². The molecule has 2 amide bonds. The Bertz CT molecular complexity index is 4900. The maximum absolute atomic E-state index is 13.3. The van der Waals surface area contributed by atoms with Crippen LogP contribution in [0.1, 0.15) is 142 Å². The van der Waals surface area contributed by atoms with E-state index in [1.807, 2.05) is 27.7 Å². The van der Waals surface area contributed by atoms with Gasteiger partial charge in [0, 0.05) is 74.7 Å². The van der Waals surface area contributed by atoms with Crippen LogP contribution in [0.15, 0.2) is 172 Å². The smallest absolute Gasteiger partial charge is 0.335 e. The average molecular weight is 1830 g/mol. The molecule has 0 saturated carbocycles. The van der Waals surface area contributed by atoms with Crippen LogP contribution in [0.2, 0.25) is 0 Å². The summed E-state index contributed by atoms with van der Waals surface area (Å²) < 4.78 is 99.7. The number of rotatable bonds is 36. The minimum atomic E-state index is -0.729. The second-order valence-electron chi connectivity index (χ2n) is 25.7. The van der Waals surface area contributed by atoms with Crippen LogP contribution in [0.25, 0.3) is 0 Å². The number of phenols is 1. The monoisotopic (exact) mass is 1830 g/mol. The molecular formula is C97H125ClN2O30. The molecule has 0 spiro atoms. The Morgan fingerprint density at radius 3 is 0.700 bits per heavy atom. The summed E-state index contributed by atoms with van der Waals surface area (Å²) in [7, 11) is 23.4. The van der Waals surface area contributed by atoms with Crippen molar-refractivity contribution in [3.05, 3.63) is 216 Å². The summed E-state index contributed by atoms with van der Waals surface area (Å²) >= 11 is 4.71. The van der Waals surface area contributed by atoms with Crippen LogP contribution in [0, 0.1) is 11.8 Å². The van der Waals surface area contributed by atoms with Gasteiger partial charge in [-0.2, -0.15) is 0 Å². The first-order valence-electron chi connectivity index (χ1n) is 37.3. The van der Waals surface area contributed by atoms with Crippen molar-refractivity contribution < 1.29 is 143 Å². The highest BCUT2D eigenvalue weighted by molar-refractivity contribution is 6.66. The van der Waals surface area contributed by atoms with Gasteiger partial charge in [0.25, 0.3) is 0 Å². The molecule has 0 bridgehead atoms. The number of hydrogen-bond acceptors (Lipinski definition) is 30. The lowest BCUT2D eigenvalue weighted by atomic mass is 9.95. The van der Waals surface area contributed by atoms with E-state index in [-0.39, 0.29) is 135 Å². The van der Waals surface area contributed by atoms with E-state index in [9.17, 15) is 53.1 Å². The Morgan fingerprint density at radius 2 is 0.508 bits per heavy atom. The predicted octanol–water partition coefficient (Wildman–Crippen LogP) is 17.2. The molecule has 0 radical (unpaired) electrons. The van der Waals surface area contributed by atoms with E-state index in [0.717, 1.165) is 18.2 Å². The first-order chi connectivity index (χ1) is 59.5. The molecule has 0 fully saturated rings. The molecule has 0 aliphatic heterocycles. The Labute approximate surface area is 767 Å². The topological polar surface area (TPSA) is 390 Å². The summed E-state index contributed by atoms with van der Waals surface area (Å²) in [5.74, 6) is 0.809. The third-order valence-electron chi connectivity index (χ3n) is 17.1. The first-order valence-corrected chi connectivity index (χ1v) is 37.7. The Balaban J connectivity index is -0.00000157. The van der Waals surface area contributed by atoms with Crippen molar-refractivity contribution in [1.29, 1.82) is 0 Å². The van der Waals surface area contributed by atoms with E-state index < -0.39 is 35.0 Å². The normalized spacial score (nSPS) is 10.0. The fraction of sp³-hybridized carbons (Fsp3) is 0.320. The number of benzene rings is 8. The van der Waals surface area contributed by atoms with E-state index in [0.29, 0.717) is 108 Å². The minimum absolute atomic E-state index is 0. The lowest BCUT2D eigenvalue weighted by molar-refractivity contribution is -0.143. The van der Waals surface area contributed by atoms with Crippen molar-refractivity contribution in [1.82, 2.24) is 10.6 Å². The van der Waals surface area contributed by atoms with Gasteiger partial charge >= 0.3 is 17.9 Å². The van der Waals surface area contributed by atoms with Gasteiger partial charge in [-0.1, -0.05) is 77.3 Å². The summed E-state index contributed by atoms with van der Waals surface area (Å²) in [6.45, 7) is 23.8. The number of allylic oxidation sites excluding steroid dienone is 1. The van der Waals surface area contributed by atoms with E-state index in [2.05, 4.69) is 36.9 Å². The molecule has 0 heterocycles. The Kier molecular flexibility index (Phi) is 55.2. The number of esters is 3. The Hall–Kier alpha value is -14.7. The number of carbonyl (C=O) groups excluding carboxylic acids is 10. The van der Waals surface area contributed by atoms with Gasteiger partial charge in [0.05, 0.1) is 120 Å². The van der Waals surface area contributed by atoms with E-state index in [1.165, 1.54) is 180 Å². The number of hydrogen-bond donors (Lipinski definition) is 3. The molecule has 0 saturated heterocycles. The van der Waals surface area contributed by atoms with E-state index >= 15 is 0 Å². The van der Waals surface area contributed by atoms with Gasteiger partial charge in [-0.3, -0.25) is 38.4 Å². The molecule has 130 heavy (non-hydrogen) atoms. The zero-order valence-corrected chi connectivity index (χ0v) is 74.4. The minimum Gasteiger partial charge on any atom is -0.504 e. The number of ether oxygens (including phenoxy) is 19. The van der Waals surface area contributed by atoms with Crippen molar-refractivity contribution >= 4 is 69.7 Å². The van der Waals surface area contributed by atoms with Crippen LogP contribution in [0.5, 0.6) is 115 Å². The lowest BCUT2D eigenvalue weighted by Gasteiger charge is -2.20. The fourth-order valence-electron chi connectivity index (χ4n) is 10.7. The van der Waals surface area contributed by atoms with Crippen LogP contribution in [-0.2, 0) is 28.8 Å². The Morgan fingerprint density at radius 1 is 0.285 bits per heavy atom. The highest BCUT2D eigenvalue weighted by Crippen LogP contribution is 2.44. The number of amides is 2. The SMILES string of the molecule is C.C.C.C.C.C=CC(=O)Cl.C=CC(=O)NC(C)C.C=CC(=O)Oc1cc(C(=O)c2cc(OC)c(OC)c(OC)c2)ccc1OC.C=CC(=O)Oc1cc(C(=O)c2cc(OC)c(OC)c(OC)c2)ccc1OC.COc1ccc(C(=O)c2cc(OC)c(OC)c(OC)c2)cc1O.COc1ccc(C(=O)c2cc(OC)c(OC)c(OC)c2)cc1OC(=O)C(C)C(C)C(=O)NC(C)C. The molecule has 33 heteroatoms. The van der Waals surface area contributed by atoms with Crippen molar-refractivity contribution in [2.24, 2.45) is 11.8 Å². The number of carbonyl (C=O) groups is 10. The third-order valence-corrected chi connectivity index (χ3v) is 17.3. The largest absolute Gasteiger partial charge is 0.504 e. The standard InChI is InChI=1S/C26H33NO8.2C20H20O7.C17H18O6.C6H11NO.C3H3ClO.5CH4/c1-14(2)27-25(29)15(3)16(4)26(30)35-20-11-17(9-10-19(20)31-5)23(28)18-12-21(32-6)24(34-8)22(13-18)33-7;2*1-6-18(21)27-15-9-12(7-8-14(15)23-2)19(22)13-10-16(24-3)20(26-5)17(11-13)25-4;1-20-13-6-5-10(7-12(13)18)16(19)11-8-14(21-2)17(23-4)15(9-11)22-3;1-4-6(8)7-5(2)3;1-2-3(4)5;;;;;/h9-16H,1-8H3,(H,27,29);2*6-11H,1H2,2-5H3;5-9,18H,1-4H3;4-5H,1H2,2-3H3,(H,7,8);2H,1H2;5*1H4. The number of methoxy groups -OCH3 is 16. The van der Waals surface area contributed by atoms with Crippen molar-refractivity contribution in [2.45, 2.75) is 90.8 Å². The second kappa shape index (κ2) is 60.1. The predicted molar refractivity (Wildman–Crippen MR) is 499 cm³/mol. The molecule has 3 N–H and O–H groups in total. The van der Waals surface area contributed by atoms with Crippen LogP contribution < -0.4 is 101 Å². The van der Waals surface area contributed by atoms with Gasteiger partial charge in [0.15, 0.2) is 115 Å². The van der Waals surface area contributed by atoms with Gasteiger partial charge in [-0.05, 0) is 173 Å². The van der Waals surface area contributed by atoms with Gasteiger partial charge in [-0.15, -0.1) is 0 Å². The molecule has 2 atom stereocenters. The average Bonchev–Trinajstić information content (AvgIpc) is 0.814. The number of halogens is 1. The van der Waals surface area contributed by atoms with Crippen LogP contribution in [-0.4, -0.2) is 189 Å². The van der Waals surface area contributed by atoms with Crippen LogP contribution >= 0.6 is 11.6 Å². The molecule has 0 aliphatic carbocycles. The van der Waals surface area contributed by atoms with Gasteiger partial charge < -0.3 is 106 Å². The molecule has 0 aromatic heterocycles. The van der Waals surface area contributed by atoms with Crippen molar-refractivity contribution in [3.63, 3.8) is 0 Å². The molecule has 8 rings (SSSR count). The maximum Gasteiger partial charge on any atom is 0.335 e. The highest BCUT2D eigenvalue weighted by Gasteiger charge is 2.31. The highest BCUT2D eigenvalue weighted by atomic mass is 35.5. The van der Waals surface area contributed by atoms with Crippen LogP contribution in [0.4, 0.5) is 0 Å².